The molecule has 2 fully saturated rings. The van der Waals surface area contributed by atoms with Crippen LogP contribution in [0.5, 0.6) is 0 Å². The number of nitrogens with two attached hydrogens (primary N) is 1. The van der Waals surface area contributed by atoms with Crippen molar-refractivity contribution in [2.75, 3.05) is 0 Å². The highest BCUT2D eigenvalue weighted by Crippen LogP contribution is 2.39. The van der Waals surface area contributed by atoms with Crippen LogP contribution < -0.4 is 5.73 Å². The van der Waals surface area contributed by atoms with Gasteiger partial charge in [0.2, 0.25) is 0 Å². The summed E-state index contributed by atoms with van der Waals surface area (Å²) in [6.07, 6.45) is 11.4. The fraction of sp³-hybridized carbons (Fsp3) is 1.00. The maximum atomic E-state index is 6.27. The van der Waals surface area contributed by atoms with Crippen LogP contribution in [0.1, 0.15) is 58.3 Å². The molecule has 0 spiro atoms. The topological polar surface area (TPSA) is 26.0 Å². The Balaban J connectivity index is 1.92. The van der Waals surface area contributed by atoms with Crippen LogP contribution in [-0.2, 0) is 0 Å². The van der Waals surface area contributed by atoms with Crippen LogP contribution in [0.2, 0.25) is 0 Å². The molecule has 0 aromatic rings. The van der Waals surface area contributed by atoms with Crippen LogP contribution in [-0.4, -0.2) is 6.04 Å². The molecule has 14 heavy (non-hydrogen) atoms. The summed E-state index contributed by atoms with van der Waals surface area (Å²) < 4.78 is 0. The lowest BCUT2D eigenvalue weighted by Crippen LogP contribution is -2.40. The van der Waals surface area contributed by atoms with Gasteiger partial charge in [-0.2, -0.15) is 0 Å². The van der Waals surface area contributed by atoms with Gasteiger partial charge in [-0.25, -0.2) is 0 Å². The van der Waals surface area contributed by atoms with E-state index in [-0.39, 0.29) is 0 Å². The molecular weight excluding hydrogens is 170 g/mol. The second kappa shape index (κ2) is 4.65. The van der Waals surface area contributed by atoms with Gasteiger partial charge in [-0.3, -0.25) is 0 Å². The van der Waals surface area contributed by atoms with Crippen molar-refractivity contribution in [3.05, 3.63) is 0 Å². The minimum absolute atomic E-state index is 0.522. The first-order valence-corrected chi connectivity index (χ1v) is 6.53. The molecule has 2 saturated carbocycles. The lowest BCUT2D eigenvalue weighted by Gasteiger charge is -2.39. The second-order valence-electron chi connectivity index (χ2n) is 5.64. The SMILES string of the molecule is CC1CCC(N)C(C2CCCCC2)C1. The minimum atomic E-state index is 0.522. The summed E-state index contributed by atoms with van der Waals surface area (Å²) in [5.74, 6) is 2.77. The predicted octanol–water partition coefficient (Wildman–Crippen LogP) is 3.33. The number of hydrogen-bond donors (Lipinski definition) is 1. The van der Waals surface area contributed by atoms with E-state index in [0.717, 1.165) is 17.8 Å². The first-order valence-electron chi connectivity index (χ1n) is 6.53. The summed E-state index contributed by atoms with van der Waals surface area (Å²) in [5, 5.41) is 0. The minimum Gasteiger partial charge on any atom is -0.327 e. The smallest absolute Gasteiger partial charge is 0.00700 e. The van der Waals surface area contributed by atoms with Gasteiger partial charge in [-0.05, 0) is 37.0 Å². The van der Waals surface area contributed by atoms with Gasteiger partial charge in [0.15, 0.2) is 0 Å². The van der Waals surface area contributed by atoms with Gasteiger partial charge >= 0.3 is 0 Å². The Bertz CT molecular complexity index is 172. The van der Waals surface area contributed by atoms with Crippen LogP contribution in [0, 0.1) is 17.8 Å². The third-order valence-electron chi connectivity index (χ3n) is 4.47. The van der Waals surface area contributed by atoms with Gasteiger partial charge in [0.25, 0.3) is 0 Å². The molecule has 0 aromatic heterocycles. The van der Waals surface area contributed by atoms with Gasteiger partial charge in [0.05, 0.1) is 0 Å². The molecule has 0 saturated heterocycles. The van der Waals surface area contributed by atoms with Gasteiger partial charge < -0.3 is 5.73 Å². The van der Waals surface area contributed by atoms with Gasteiger partial charge in [0.1, 0.15) is 0 Å². The van der Waals surface area contributed by atoms with E-state index in [9.17, 15) is 0 Å². The Morgan fingerprint density at radius 2 is 1.64 bits per heavy atom. The summed E-state index contributed by atoms with van der Waals surface area (Å²) in [6.45, 7) is 2.40. The molecule has 1 heteroatoms. The molecule has 3 unspecified atom stereocenters. The van der Waals surface area contributed by atoms with Crippen LogP contribution in [0.15, 0.2) is 0 Å². The average molecular weight is 195 g/mol. The normalized spacial score (nSPS) is 41.1. The van der Waals surface area contributed by atoms with E-state index in [1.54, 1.807) is 0 Å². The Morgan fingerprint density at radius 1 is 0.929 bits per heavy atom. The molecule has 3 atom stereocenters. The summed E-state index contributed by atoms with van der Waals surface area (Å²) >= 11 is 0. The Kier molecular flexibility index (Phi) is 3.48. The van der Waals surface area contributed by atoms with Crippen molar-refractivity contribution in [1.82, 2.24) is 0 Å². The third-order valence-corrected chi connectivity index (χ3v) is 4.47. The molecule has 0 radical (unpaired) electrons. The second-order valence-corrected chi connectivity index (χ2v) is 5.64. The van der Waals surface area contributed by atoms with Crippen molar-refractivity contribution in [1.29, 1.82) is 0 Å². The van der Waals surface area contributed by atoms with Crippen molar-refractivity contribution in [2.45, 2.75) is 64.3 Å². The van der Waals surface area contributed by atoms with E-state index in [4.69, 9.17) is 5.73 Å². The predicted molar refractivity (Wildman–Crippen MR) is 61.1 cm³/mol. The fourth-order valence-corrected chi connectivity index (χ4v) is 3.55. The van der Waals surface area contributed by atoms with Crippen molar-refractivity contribution in [3.63, 3.8) is 0 Å². The standard InChI is InChI=1S/C13H25N/c1-10-7-8-13(14)12(9-10)11-5-3-2-4-6-11/h10-13H,2-9,14H2,1H3. The molecular formula is C13H25N. The molecule has 2 aliphatic carbocycles. The van der Waals surface area contributed by atoms with Gasteiger partial charge in [-0.1, -0.05) is 39.0 Å². The van der Waals surface area contributed by atoms with E-state index in [2.05, 4.69) is 6.92 Å². The molecule has 0 amide bonds. The molecule has 0 heterocycles. The van der Waals surface area contributed by atoms with Crippen molar-refractivity contribution in [2.24, 2.45) is 23.5 Å². The first kappa shape index (κ1) is 10.5. The zero-order chi connectivity index (χ0) is 9.97. The molecule has 0 aromatic carbocycles. The largest absolute Gasteiger partial charge is 0.327 e. The summed E-state index contributed by atoms with van der Waals surface area (Å²) in [6, 6.07) is 0.522. The lowest BCUT2D eigenvalue weighted by atomic mass is 9.68. The van der Waals surface area contributed by atoms with Gasteiger partial charge in [0, 0.05) is 6.04 Å². The van der Waals surface area contributed by atoms with Gasteiger partial charge in [-0.15, -0.1) is 0 Å². The quantitative estimate of drug-likeness (QED) is 0.682. The molecule has 0 bridgehead atoms. The van der Waals surface area contributed by atoms with E-state index in [0.29, 0.717) is 6.04 Å². The molecule has 2 aliphatic rings. The molecule has 82 valence electrons. The highest BCUT2D eigenvalue weighted by Gasteiger charge is 2.32. The fourth-order valence-electron chi connectivity index (χ4n) is 3.55. The van der Waals surface area contributed by atoms with Crippen molar-refractivity contribution < 1.29 is 0 Å². The Hall–Kier alpha value is -0.0400. The van der Waals surface area contributed by atoms with Crippen LogP contribution >= 0.6 is 0 Å². The highest BCUT2D eigenvalue weighted by atomic mass is 14.7. The summed E-state index contributed by atoms with van der Waals surface area (Å²) in [4.78, 5) is 0. The number of rotatable bonds is 1. The maximum absolute atomic E-state index is 6.27. The first-order chi connectivity index (χ1) is 6.77. The van der Waals surface area contributed by atoms with Crippen LogP contribution in [0.3, 0.4) is 0 Å². The van der Waals surface area contributed by atoms with Crippen molar-refractivity contribution >= 4 is 0 Å². The van der Waals surface area contributed by atoms with E-state index in [1.807, 2.05) is 0 Å². The van der Waals surface area contributed by atoms with Crippen LogP contribution in [0.4, 0.5) is 0 Å². The number of hydrogen-bond acceptors (Lipinski definition) is 1. The average Bonchev–Trinajstić information content (AvgIpc) is 2.23. The monoisotopic (exact) mass is 195 g/mol. The van der Waals surface area contributed by atoms with Crippen molar-refractivity contribution in [3.8, 4) is 0 Å². The zero-order valence-corrected chi connectivity index (χ0v) is 9.54. The molecule has 0 aliphatic heterocycles. The van der Waals surface area contributed by atoms with E-state index in [1.165, 1.54) is 51.4 Å². The summed E-state index contributed by atoms with van der Waals surface area (Å²) in [5.41, 5.74) is 6.27. The van der Waals surface area contributed by atoms with E-state index < -0.39 is 0 Å². The summed E-state index contributed by atoms with van der Waals surface area (Å²) in [7, 11) is 0. The highest BCUT2D eigenvalue weighted by molar-refractivity contribution is 4.86. The molecule has 2 N–H and O–H groups in total. The maximum Gasteiger partial charge on any atom is 0.00700 e. The lowest BCUT2D eigenvalue weighted by molar-refractivity contribution is 0.143. The zero-order valence-electron chi connectivity index (χ0n) is 9.54. The molecule has 2 rings (SSSR count). The Morgan fingerprint density at radius 3 is 2.36 bits per heavy atom. The third kappa shape index (κ3) is 2.31. The van der Waals surface area contributed by atoms with E-state index >= 15 is 0 Å². The molecule has 1 nitrogen and oxygen atoms in total. The van der Waals surface area contributed by atoms with Crippen LogP contribution in [0.25, 0.3) is 0 Å². The Labute approximate surface area is 88.4 Å².